The molecule has 0 bridgehead atoms. The molecule has 0 unspecified atom stereocenters. The first-order chi connectivity index (χ1) is 15.0. The highest BCUT2D eigenvalue weighted by atomic mass is 35.5. The van der Waals surface area contributed by atoms with E-state index in [9.17, 15) is 9.59 Å². The second kappa shape index (κ2) is 9.58. The van der Waals surface area contributed by atoms with Crippen molar-refractivity contribution in [2.75, 3.05) is 33.3 Å². The van der Waals surface area contributed by atoms with Crippen LogP contribution in [0.4, 0.5) is 5.69 Å². The van der Waals surface area contributed by atoms with E-state index in [-0.39, 0.29) is 24.7 Å². The molecule has 1 aromatic carbocycles. The Morgan fingerprint density at radius 3 is 2.90 bits per heavy atom. The van der Waals surface area contributed by atoms with Crippen LogP contribution in [0.5, 0.6) is 5.75 Å². The Morgan fingerprint density at radius 2 is 2.10 bits per heavy atom. The highest BCUT2D eigenvalue weighted by Crippen LogP contribution is 2.26. The number of nitrogens with one attached hydrogen (secondary N) is 1. The molecule has 7 nitrogen and oxygen atoms in total. The Hall–Kier alpha value is -2.77. The van der Waals surface area contributed by atoms with Crippen LogP contribution in [0.15, 0.2) is 41.7 Å². The lowest BCUT2D eigenvalue weighted by atomic mass is 9.97. The van der Waals surface area contributed by atoms with Gasteiger partial charge < -0.3 is 15.0 Å². The normalized spacial score (nSPS) is 17.1. The van der Waals surface area contributed by atoms with Crippen molar-refractivity contribution < 1.29 is 14.3 Å². The highest BCUT2D eigenvalue weighted by molar-refractivity contribution is 6.33. The maximum atomic E-state index is 12.7. The summed E-state index contributed by atoms with van der Waals surface area (Å²) in [5.74, 6) is 0.772. The summed E-state index contributed by atoms with van der Waals surface area (Å²) in [6.07, 6.45) is 5.51. The topological polar surface area (TPSA) is 83.9 Å². The Labute approximate surface area is 186 Å². The van der Waals surface area contributed by atoms with Gasteiger partial charge in [-0.2, -0.15) is 0 Å². The van der Waals surface area contributed by atoms with Gasteiger partial charge >= 0.3 is 0 Å². The zero-order chi connectivity index (χ0) is 21.8. The molecule has 1 saturated heterocycles. The number of amides is 1. The van der Waals surface area contributed by atoms with E-state index in [2.05, 4.69) is 27.2 Å². The minimum absolute atomic E-state index is 0.00363. The first-order valence-corrected chi connectivity index (χ1v) is 10.8. The van der Waals surface area contributed by atoms with Gasteiger partial charge in [0, 0.05) is 18.3 Å². The van der Waals surface area contributed by atoms with Crippen LogP contribution in [0.3, 0.4) is 0 Å². The third-order valence-electron chi connectivity index (χ3n) is 5.72. The third-order valence-corrected chi connectivity index (χ3v) is 6.05. The molecule has 2 aliphatic rings. The summed E-state index contributed by atoms with van der Waals surface area (Å²) in [5, 5.41) is 3.37. The van der Waals surface area contributed by atoms with Crippen LogP contribution in [0.2, 0.25) is 5.02 Å². The minimum Gasteiger partial charge on any atom is -0.488 e. The van der Waals surface area contributed by atoms with E-state index in [1.54, 1.807) is 36.7 Å². The number of carbonyl (C=O) groups excluding carboxylic acids is 2. The van der Waals surface area contributed by atoms with Crippen LogP contribution in [0.25, 0.3) is 0 Å². The van der Waals surface area contributed by atoms with Gasteiger partial charge in [-0.1, -0.05) is 11.6 Å². The molecule has 1 N–H and O–H groups in total. The number of ketones is 1. The van der Waals surface area contributed by atoms with Gasteiger partial charge in [-0.15, -0.1) is 0 Å². The number of rotatable bonds is 6. The van der Waals surface area contributed by atoms with Crippen molar-refractivity contribution >= 4 is 34.7 Å². The number of aliphatic imine (C=N–C) groups is 1. The maximum absolute atomic E-state index is 12.7. The fourth-order valence-electron chi connectivity index (χ4n) is 3.82. The van der Waals surface area contributed by atoms with E-state index in [0.717, 1.165) is 25.9 Å². The van der Waals surface area contributed by atoms with Gasteiger partial charge in [0.1, 0.15) is 12.4 Å². The number of halogens is 1. The molecule has 2 aromatic rings. The van der Waals surface area contributed by atoms with Gasteiger partial charge in [-0.05, 0) is 63.2 Å². The number of pyridine rings is 1. The largest absolute Gasteiger partial charge is 0.488 e. The van der Waals surface area contributed by atoms with E-state index >= 15 is 0 Å². The number of likely N-dealkylation sites (tertiary alicyclic amines) is 1. The van der Waals surface area contributed by atoms with Crippen LogP contribution >= 0.6 is 11.6 Å². The number of ether oxygens (including phenoxy) is 1. The van der Waals surface area contributed by atoms with Gasteiger partial charge in [0.25, 0.3) is 5.91 Å². The Morgan fingerprint density at radius 1 is 1.29 bits per heavy atom. The maximum Gasteiger partial charge on any atom is 0.252 e. The summed E-state index contributed by atoms with van der Waals surface area (Å²) >= 11 is 6.26. The van der Waals surface area contributed by atoms with E-state index in [1.165, 1.54) is 0 Å². The highest BCUT2D eigenvalue weighted by Gasteiger charge is 2.21. The number of aromatic nitrogens is 1. The van der Waals surface area contributed by atoms with E-state index in [0.29, 0.717) is 45.8 Å². The van der Waals surface area contributed by atoms with Gasteiger partial charge in [0.15, 0.2) is 5.78 Å². The molecule has 3 heterocycles. The van der Waals surface area contributed by atoms with Gasteiger partial charge in [-0.3, -0.25) is 19.6 Å². The van der Waals surface area contributed by atoms with Gasteiger partial charge in [0.05, 0.1) is 34.6 Å². The third kappa shape index (κ3) is 5.29. The molecule has 0 spiro atoms. The summed E-state index contributed by atoms with van der Waals surface area (Å²) in [6.45, 7) is 2.90. The lowest BCUT2D eigenvalue weighted by molar-refractivity contribution is 0.0938. The molecular weight excluding hydrogens is 416 g/mol. The molecule has 31 heavy (non-hydrogen) atoms. The van der Waals surface area contributed by atoms with Crippen LogP contribution in [-0.2, 0) is 0 Å². The van der Waals surface area contributed by atoms with E-state index in [1.807, 2.05) is 0 Å². The molecule has 0 aliphatic carbocycles. The van der Waals surface area contributed by atoms with Crippen molar-refractivity contribution in [2.45, 2.75) is 19.3 Å². The van der Waals surface area contributed by atoms with Crippen LogP contribution < -0.4 is 10.1 Å². The van der Waals surface area contributed by atoms with Crippen LogP contribution in [0.1, 0.15) is 40.0 Å². The number of carbonyl (C=O) groups is 2. The standard InChI is InChI=1S/C23H25ClN4O3/c1-28-8-5-15(6-9-28)12-26-23(30)19-11-17(2-3-20(19)24)31-14-16-10-22(29)18-4-7-25-13-21(18)27-16/h2-4,7,11,13,15H,5-6,8-10,12,14H2,1H3,(H,26,30). The van der Waals surface area contributed by atoms with Gasteiger partial charge in [-0.25, -0.2) is 0 Å². The summed E-state index contributed by atoms with van der Waals surface area (Å²) in [6, 6.07) is 6.66. The van der Waals surface area contributed by atoms with Crippen molar-refractivity contribution in [3.05, 3.63) is 52.8 Å². The molecular formula is C23H25ClN4O3. The predicted octanol–water partition coefficient (Wildman–Crippen LogP) is 3.54. The average molecular weight is 441 g/mol. The summed E-state index contributed by atoms with van der Waals surface area (Å²) in [4.78, 5) is 35.7. The average Bonchev–Trinajstić information content (AvgIpc) is 2.78. The summed E-state index contributed by atoms with van der Waals surface area (Å²) in [7, 11) is 2.12. The number of hydrogen-bond acceptors (Lipinski definition) is 6. The smallest absolute Gasteiger partial charge is 0.252 e. The monoisotopic (exact) mass is 440 g/mol. The summed E-state index contributed by atoms with van der Waals surface area (Å²) in [5.41, 5.74) is 2.13. The molecule has 0 atom stereocenters. The molecule has 0 saturated carbocycles. The van der Waals surface area contributed by atoms with Crippen molar-refractivity contribution in [1.29, 1.82) is 0 Å². The van der Waals surface area contributed by atoms with E-state index < -0.39 is 0 Å². The number of nitrogens with zero attached hydrogens (tertiary/aromatic N) is 3. The molecule has 1 amide bonds. The molecule has 0 radical (unpaired) electrons. The first kappa shape index (κ1) is 21.5. The van der Waals surface area contributed by atoms with Crippen molar-refractivity contribution in [3.8, 4) is 5.75 Å². The zero-order valence-corrected chi connectivity index (χ0v) is 18.2. The fourth-order valence-corrected chi connectivity index (χ4v) is 4.02. The predicted molar refractivity (Wildman–Crippen MR) is 120 cm³/mol. The molecule has 1 fully saturated rings. The number of piperidine rings is 1. The number of Topliss-reactive ketones (excluding diaryl/α,β-unsaturated/α-hetero) is 1. The molecule has 4 rings (SSSR count). The number of hydrogen-bond donors (Lipinski definition) is 1. The van der Waals surface area contributed by atoms with Crippen molar-refractivity contribution in [1.82, 2.24) is 15.2 Å². The zero-order valence-electron chi connectivity index (χ0n) is 17.4. The van der Waals surface area contributed by atoms with Crippen LogP contribution in [-0.4, -0.2) is 60.6 Å². The van der Waals surface area contributed by atoms with E-state index in [4.69, 9.17) is 16.3 Å². The van der Waals surface area contributed by atoms with Crippen molar-refractivity contribution in [3.63, 3.8) is 0 Å². The lowest BCUT2D eigenvalue weighted by Gasteiger charge is -2.29. The molecule has 1 aromatic heterocycles. The molecule has 162 valence electrons. The first-order valence-electron chi connectivity index (χ1n) is 10.4. The molecule has 8 heteroatoms. The quantitative estimate of drug-likeness (QED) is 0.742. The van der Waals surface area contributed by atoms with Crippen LogP contribution in [0, 0.1) is 5.92 Å². The number of benzene rings is 1. The molecule has 2 aliphatic heterocycles. The summed E-state index contributed by atoms with van der Waals surface area (Å²) < 4.78 is 5.81. The Bertz CT molecular complexity index is 1020. The fraction of sp³-hybridized carbons (Fsp3) is 0.391. The van der Waals surface area contributed by atoms with Gasteiger partial charge in [0.2, 0.25) is 0 Å². The Balaban J connectivity index is 1.37. The van der Waals surface area contributed by atoms with Crippen molar-refractivity contribution in [2.24, 2.45) is 10.9 Å². The SMILES string of the molecule is CN1CCC(CNC(=O)c2cc(OCC3=Nc4cnccc4C(=O)C3)ccc2Cl)CC1. The lowest BCUT2D eigenvalue weighted by Crippen LogP contribution is -2.36. The number of fused-ring (bicyclic) bond motifs is 1. The Kier molecular flexibility index (Phi) is 6.63. The second-order valence-corrected chi connectivity index (χ2v) is 8.47. The minimum atomic E-state index is -0.209. The second-order valence-electron chi connectivity index (χ2n) is 8.06.